The number of nitrogens with zero attached hydrogens (tertiary/aromatic N) is 1. The molecule has 0 bridgehead atoms. The van der Waals surface area contributed by atoms with Crippen LogP contribution >= 0.6 is 0 Å². The smallest absolute Gasteiger partial charge is 0.161 e. The second-order valence-corrected chi connectivity index (χ2v) is 7.28. The summed E-state index contributed by atoms with van der Waals surface area (Å²) in [5.74, 6) is 1.70. The van der Waals surface area contributed by atoms with Crippen LogP contribution in [0.15, 0.2) is 42.6 Å². The Bertz CT molecular complexity index is 931. The van der Waals surface area contributed by atoms with Crippen LogP contribution in [0, 0.1) is 0 Å². The van der Waals surface area contributed by atoms with Gasteiger partial charge in [-0.15, -0.1) is 0 Å². The lowest BCUT2D eigenvalue weighted by Crippen LogP contribution is -2.32. The predicted octanol–water partition coefficient (Wildman–Crippen LogP) is 4.74. The average molecular weight is 364 g/mol. The molecule has 1 unspecified atom stereocenters. The summed E-state index contributed by atoms with van der Waals surface area (Å²) in [5.41, 5.74) is 5.38. The molecule has 1 aromatic heterocycles. The highest BCUT2D eigenvalue weighted by Crippen LogP contribution is 2.39. The summed E-state index contributed by atoms with van der Waals surface area (Å²) in [6.07, 6.45) is 5.35. The minimum Gasteiger partial charge on any atom is -0.493 e. The Morgan fingerprint density at radius 1 is 1.19 bits per heavy atom. The van der Waals surface area contributed by atoms with Gasteiger partial charge >= 0.3 is 0 Å². The van der Waals surface area contributed by atoms with Gasteiger partial charge in [-0.3, -0.25) is 4.90 Å². The largest absolute Gasteiger partial charge is 0.493 e. The maximum absolute atomic E-state index is 5.84. The van der Waals surface area contributed by atoms with E-state index in [9.17, 15) is 0 Å². The molecule has 1 aliphatic heterocycles. The number of H-pyrrole nitrogens is 1. The standard InChI is InChI=1S/C23H28N2O2/c1-4-27-23-14-19-16(13-22(23)26-3)11-12-25(2)21(19)10-9-17-15-24-20-8-6-5-7-18(17)20/h5-8,13-15,21,24H,4,9-12H2,1-3H3. The molecule has 4 rings (SSSR count). The van der Waals surface area contributed by atoms with Gasteiger partial charge in [-0.1, -0.05) is 18.2 Å². The third-order valence-electron chi connectivity index (χ3n) is 5.71. The number of ether oxygens (including phenoxy) is 2. The van der Waals surface area contributed by atoms with Crippen molar-refractivity contribution in [1.29, 1.82) is 0 Å². The maximum atomic E-state index is 5.84. The number of hydrogen-bond acceptors (Lipinski definition) is 3. The predicted molar refractivity (Wildman–Crippen MR) is 110 cm³/mol. The highest BCUT2D eigenvalue weighted by atomic mass is 16.5. The van der Waals surface area contributed by atoms with Gasteiger partial charge in [-0.2, -0.15) is 0 Å². The number of para-hydroxylation sites is 1. The first-order valence-electron chi connectivity index (χ1n) is 9.80. The van der Waals surface area contributed by atoms with Crippen molar-refractivity contribution in [2.45, 2.75) is 32.2 Å². The Morgan fingerprint density at radius 3 is 2.85 bits per heavy atom. The van der Waals surface area contributed by atoms with E-state index in [2.05, 4.69) is 59.5 Å². The SMILES string of the molecule is CCOc1cc2c(cc1OC)CCN(C)C2CCc1c[nH]c2ccccc12. The number of fused-ring (bicyclic) bond motifs is 2. The minimum absolute atomic E-state index is 0.396. The van der Waals surface area contributed by atoms with Gasteiger partial charge in [0.05, 0.1) is 13.7 Å². The number of methoxy groups -OCH3 is 1. The van der Waals surface area contributed by atoms with Gasteiger partial charge in [0, 0.05) is 29.7 Å². The molecule has 1 atom stereocenters. The summed E-state index contributed by atoms with van der Waals surface area (Å²) < 4.78 is 11.4. The van der Waals surface area contributed by atoms with Crippen LogP contribution in [0.1, 0.15) is 36.1 Å². The number of rotatable bonds is 6. The fraction of sp³-hybridized carbons (Fsp3) is 0.391. The van der Waals surface area contributed by atoms with Crippen molar-refractivity contribution >= 4 is 10.9 Å². The van der Waals surface area contributed by atoms with Crippen molar-refractivity contribution in [3.63, 3.8) is 0 Å². The molecule has 1 N–H and O–H groups in total. The van der Waals surface area contributed by atoms with Crippen LogP contribution in [-0.2, 0) is 12.8 Å². The van der Waals surface area contributed by atoms with Crippen molar-refractivity contribution in [2.75, 3.05) is 27.3 Å². The summed E-state index contributed by atoms with van der Waals surface area (Å²) in [4.78, 5) is 5.87. The zero-order valence-electron chi connectivity index (χ0n) is 16.4. The summed E-state index contributed by atoms with van der Waals surface area (Å²) in [6, 6.07) is 13.3. The zero-order chi connectivity index (χ0) is 18.8. The summed E-state index contributed by atoms with van der Waals surface area (Å²) >= 11 is 0. The lowest BCUT2D eigenvalue weighted by atomic mass is 9.89. The Balaban J connectivity index is 1.62. The summed E-state index contributed by atoms with van der Waals surface area (Å²) in [5, 5.41) is 1.33. The van der Waals surface area contributed by atoms with Crippen molar-refractivity contribution in [1.82, 2.24) is 9.88 Å². The van der Waals surface area contributed by atoms with Crippen LogP contribution in [0.5, 0.6) is 11.5 Å². The number of nitrogens with one attached hydrogen (secondary N) is 1. The van der Waals surface area contributed by atoms with Crippen LogP contribution in [0.3, 0.4) is 0 Å². The molecule has 1 aliphatic rings. The highest BCUT2D eigenvalue weighted by Gasteiger charge is 2.27. The van der Waals surface area contributed by atoms with E-state index in [1.165, 1.54) is 27.6 Å². The van der Waals surface area contributed by atoms with Crippen LogP contribution in [0.2, 0.25) is 0 Å². The van der Waals surface area contributed by atoms with Gasteiger partial charge < -0.3 is 14.5 Å². The molecule has 0 spiro atoms. The van der Waals surface area contributed by atoms with E-state index in [4.69, 9.17) is 9.47 Å². The molecule has 2 aromatic carbocycles. The van der Waals surface area contributed by atoms with E-state index >= 15 is 0 Å². The topological polar surface area (TPSA) is 37.5 Å². The van der Waals surface area contributed by atoms with Crippen molar-refractivity contribution in [3.8, 4) is 11.5 Å². The maximum Gasteiger partial charge on any atom is 0.161 e. The third-order valence-corrected chi connectivity index (χ3v) is 5.71. The molecule has 0 fully saturated rings. The van der Waals surface area contributed by atoms with E-state index in [1.54, 1.807) is 7.11 Å². The normalized spacial score (nSPS) is 17.1. The molecule has 0 saturated heterocycles. The molecule has 0 amide bonds. The second kappa shape index (κ2) is 7.65. The second-order valence-electron chi connectivity index (χ2n) is 7.28. The molecular formula is C23H28N2O2. The van der Waals surface area contributed by atoms with Crippen LogP contribution in [0.4, 0.5) is 0 Å². The molecule has 4 nitrogen and oxygen atoms in total. The fourth-order valence-corrected chi connectivity index (χ4v) is 4.27. The van der Waals surface area contributed by atoms with Gasteiger partial charge in [0.25, 0.3) is 0 Å². The first-order chi connectivity index (χ1) is 13.2. The molecule has 4 heteroatoms. The number of aryl methyl sites for hydroxylation is 1. The first-order valence-corrected chi connectivity index (χ1v) is 9.80. The number of likely N-dealkylation sites (N-methyl/N-ethyl adjacent to an activating group) is 1. The Morgan fingerprint density at radius 2 is 2.04 bits per heavy atom. The van der Waals surface area contributed by atoms with Gasteiger partial charge in [0.2, 0.25) is 0 Å². The number of benzene rings is 2. The molecule has 2 heterocycles. The molecule has 142 valence electrons. The van der Waals surface area contributed by atoms with Gasteiger partial charge in [0.15, 0.2) is 11.5 Å². The van der Waals surface area contributed by atoms with Gasteiger partial charge in [-0.25, -0.2) is 0 Å². The fourth-order valence-electron chi connectivity index (χ4n) is 4.27. The van der Waals surface area contributed by atoms with E-state index in [0.717, 1.165) is 37.3 Å². The third kappa shape index (κ3) is 3.42. The number of aromatic nitrogens is 1. The van der Waals surface area contributed by atoms with Crippen molar-refractivity contribution < 1.29 is 9.47 Å². The van der Waals surface area contributed by atoms with Crippen molar-refractivity contribution in [2.24, 2.45) is 0 Å². The van der Waals surface area contributed by atoms with Gasteiger partial charge in [-0.05, 0) is 68.1 Å². The lowest BCUT2D eigenvalue weighted by molar-refractivity contribution is 0.217. The molecule has 0 saturated carbocycles. The van der Waals surface area contributed by atoms with Crippen LogP contribution < -0.4 is 9.47 Å². The lowest BCUT2D eigenvalue weighted by Gasteiger charge is -2.35. The van der Waals surface area contributed by atoms with E-state index in [1.807, 2.05) is 6.92 Å². The highest BCUT2D eigenvalue weighted by molar-refractivity contribution is 5.83. The minimum atomic E-state index is 0.396. The van der Waals surface area contributed by atoms with Crippen LogP contribution in [0.25, 0.3) is 10.9 Å². The molecule has 3 aromatic rings. The van der Waals surface area contributed by atoms with E-state index < -0.39 is 0 Å². The first kappa shape index (κ1) is 17.9. The molecule has 27 heavy (non-hydrogen) atoms. The average Bonchev–Trinajstić information content (AvgIpc) is 3.10. The van der Waals surface area contributed by atoms with Gasteiger partial charge in [0.1, 0.15) is 0 Å². The zero-order valence-corrected chi connectivity index (χ0v) is 16.4. The van der Waals surface area contributed by atoms with Crippen molar-refractivity contribution in [3.05, 3.63) is 59.3 Å². The summed E-state index contributed by atoms with van der Waals surface area (Å²) in [6.45, 7) is 3.73. The molecular weight excluding hydrogens is 336 g/mol. The quantitative estimate of drug-likeness (QED) is 0.687. The Labute approximate surface area is 161 Å². The monoisotopic (exact) mass is 364 g/mol. The Kier molecular flexibility index (Phi) is 5.08. The number of hydrogen-bond donors (Lipinski definition) is 1. The molecule has 0 radical (unpaired) electrons. The Hall–Kier alpha value is -2.46. The van der Waals surface area contributed by atoms with Crippen LogP contribution in [-0.4, -0.2) is 37.2 Å². The van der Waals surface area contributed by atoms with E-state index in [-0.39, 0.29) is 0 Å². The molecule has 0 aliphatic carbocycles. The number of aromatic amines is 1. The summed E-state index contributed by atoms with van der Waals surface area (Å²) in [7, 11) is 3.95. The van der Waals surface area contributed by atoms with E-state index in [0.29, 0.717) is 12.6 Å².